The Labute approximate surface area is 354 Å². The molecular formula is C43H54N6O11S. The molecule has 0 aromatic heterocycles. The van der Waals surface area contributed by atoms with Crippen LogP contribution in [-0.2, 0) is 54.6 Å². The van der Waals surface area contributed by atoms with Crippen molar-refractivity contribution < 1.29 is 51.9 Å². The largest absolute Gasteiger partial charge is 0.481 e. The monoisotopic (exact) mass is 862 g/mol. The third-order valence-corrected chi connectivity index (χ3v) is 12.2. The first-order valence-electron chi connectivity index (χ1n) is 20.3. The summed E-state index contributed by atoms with van der Waals surface area (Å²) in [6.07, 6.45) is 8.22. The molecule has 2 aromatic carbocycles. The Bertz CT molecular complexity index is 2090. The molecule has 17 nitrogen and oxygen atoms in total. The number of sulfone groups is 1. The Hall–Kier alpha value is -6.17. The topological polar surface area (TPSA) is 277 Å². The lowest BCUT2D eigenvalue weighted by atomic mass is 9.82. The minimum atomic E-state index is -4.10. The van der Waals surface area contributed by atoms with Gasteiger partial charge in [-0.2, -0.15) is 0 Å². The van der Waals surface area contributed by atoms with Gasteiger partial charge >= 0.3 is 5.97 Å². The van der Waals surface area contributed by atoms with E-state index in [2.05, 4.69) is 26.6 Å². The summed E-state index contributed by atoms with van der Waals surface area (Å²) in [6, 6.07) is 11.0. The maximum absolute atomic E-state index is 14.2. The number of aryl methyl sites for hydroxylation is 1. The molecule has 61 heavy (non-hydrogen) atoms. The van der Waals surface area contributed by atoms with Gasteiger partial charge in [-0.05, 0) is 49.1 Å². The lowest BCUT2D eigenvalue weighted by Crippen LogP contribution is -2.60. The van der Waals surface area contributed by atoms with E-state index in [-0.39, 0.29) is 31.3 Å². The predicted octanol–water partition coefficient (Wildman–Crippen LogP) is 1.09. The molecule has 0 saturated heterocycles. The van der Waals surface area contributed by atoms with E-state index in [0.717, 1.165) is 19.3 Å². The fourth-order valence-electron chi connectivity index (χ4n) is 7.30. The van der Waals surface area contributed by atoms with Crippen LogP contribution >= 0.6 is 0 Å². The molecular weight excluding hydrogens is 809 g/mol. The minimum absolute atomic E-state index is 0.0604. The Balaban J connectivity index is 1.54. The number of Topliss-reactive ketones (excluding diaryl/α,β-unsaturated/α-hetero) is 1. The second-order valence-corrected chi connectivity index (χ2v) is 17.4. The summed E-state index contributed by atoms with van der Waals surface area (Å²) in [7, 11) is -4.10. The molecule has 1 fully saturated rings. The molecule has 5 atom stereocenters. The zero-order valence-corrected chi connectivity index (χ0v) is 34.8. The highest BCUT2D eigenvalue weighted by Gasteiger charge is 2.38. The number of aliphatic carboxylic acids is 1. The van der Waals surface area contributed by atoms with Crippen LogP contribution in [0.2, 0.25) is 0 Å². The van der Waals surface area contributed by atoms with E-state index in [0.29, 0.717) is 24.0 Å². The third-order valence-electron chi connectivity index (χ3n) is 10.6. The summed E-state index contributed by atoms with van der Waals surface area (Å²) in [5, 5.41) is 21.9. The van der Waals surface area contributed by atoms with Gasteiger partial charge in [-0.25, -0.2) is 8.42 Å². The summed E-state index contributed by atoms with van der Waals surface area (Å²) in [6.45, 7) is 0.934. The van der Waals surface area contributed by atoms with Crippen LogP contribution in [0.25, 0.3) is 0 Å². The van der Waals surface area contributed by atoms with Gasteiger partial charge in [-0.1, -0.05) is 111 Å². The number of amides is 6. The van der Waals surface area contributed by atoms with Crippen molar-refractivity contribution in [2.45, 2.75) is 88.9 Å². The average molecular weight is 863 g/mol. The van der Waals surface area contributed by atoms with Crippen LogP contribution in [-0.4, -0.2) is 96.9 Å². The third kappa shape index (κ3) is 14.5. The molecule has 2 aliphatic rings. The second-order valence-electron chi connectivity index (χ2n) is 15.1. The number of primary amides is 1. The number of nitrogens with one attached hydrogen (secondary N) is 5. The number of carboxylic acid groups (broad SMARTS) is 1. The maximum Gasteiger partial charge on any atom is 0.311 e. The van der Waals surface area contributed by atoms with Gasteiger partial charge in [0.1, 0.15) is 18.1 Å². The van der Waals surface area contributed by atoms with E-state index in [1.54, 1.807) is 79.7 Å². The van der Waals surface area contributed by atoms with Crippen molar-refractivity contribution in [3.63, 3.8) is 0 Å². The number of rotatable bonds is 22. The molecule has 1 saturated carbocycles. The first-order chi connectivity index (χ1) is 29.1. The van der Waals surface area contributed by atoms with Gasteiger partial charge in [-0.3, -0.25) is 38.4 Å². The van der Waals surface area contributed by atoms with Crippen molar-refractivity contribution in [2.24, 2.45) is 17.6 Å². The van der Waals surface area contributed by atoms with Crippen LogP contribution in [0.5, 0.6) is 0 Å². The quantitative estimate of drug-likeness (QED) is 0.0824. The van der Waals surface area contributed by atoms with Crippen molar-refractivity contribution in [3.8, 4) is 0 Å². The zero-order chi connectivity index (χ0) is 44.5. The van der Waals surface area contributed by atoms with Crippen molar-refractivity contribution >= 4 is 57.0 Å². The highest BCUT2D eigenvalue weighted by atomic mass is 32.2. The van der Waals surface area contributed by atoms with Crippen molar-refractivity contribution in [3.05, 3.63) is 95.6 Å². The minimum Gasteiger partial charge on any atom is -0.481 e. The number of benzene rings is 2. The number of hydrogen-bond donors (Lipinski definition) is 7. The van der Waals surface area contributed by atoms with Gasteiger partial charge in [0.2, 0.25) is 35.3 Å². The second kappa shape index (κ2) is 23.0. The van der Waals surface area contributed by atoms with Crippen LogP contribution in [0.4, 0.5) is 0 Å². The molecule has 0 radical (unpaired) electrons. The lowest BCUT2D eigenvalue weighted by Gasteiger charge is -2.32. The molecule has 3 unspecified atom stereocenters. The van der Waals surface area contributed by atoms with E-state index < -0.39 is 111 Å². The number of allylic oxidation sites excluding steroid dienone is 3. The zero-order valence-electron chi connectivity index (χ0n) is 34.0. The fraction of sp³-hybridized carbons (Fsp3) is 0.442. The Kier molecular flexibility index (Phi) is 17.9. The van der Waals surface area contributed by atoms with Crippen molar-refractivity contribution in [2.75, 3.05) is 18.1 Å². The first-order valence-corrected chi connectivity index (χ1v) is 22.1. The van der Waals surface area contributed by atoms with E-state index in [1.165, 1.54) is 6.08 Å². The lowest BCUT2D eigenvalue weighted by molar-refractivity contribution is -0.141. The highest BCUT2D eigenvalue weighted by molar-refractivity contribution is 7.91. The SMILES string of the molecule is CCCC(NC(=O)[C@H](CS(=O)(=O)CCc1ccccc1)NC(=O)C(NC(=O)C1=CC=CCC1C(=O)O)C1CCCCC1)C(=O)C(=O)NCC(=O)N[C@H](C(N)=O)c1ccccc1. The summed E-state index contributed by atoms with van der Waals surface area (Å²) in [4.78, 5) is 105. The summed E-state index contributed by atoms with van der Waals surface area (Å²) in [5.74, 6) is -11.0. The molecule has 6 amide bonds. The summed E-state index contributed by atoms with van der Waals surface area (Å²) >= 11 is 0. The van der Waals surface area contributed by atoms with E-state index in [4.69, 9.17) is 5.73 Å². The number of carbonyl (C=O) groups is 8. The smallest absolute Gasteiger partial charge is 0.311 e. The molecule has 8 N–H and O–H groups in total. The number of carbonyl (C=O) groups excluding carboxylic acids is 7. The van der Waals surface area contributed by atoms with Crippen LogP contribution < -0.4 is 32.3 Å². The van der Waals surface area contributed by atoms with Gasteiger partial charge in [0.25, 0.3) is 5.91 Å². The van der Waals surface area contributed by atoms with Gasteiger partial charge < -0.3 is 37.4 Å². The van der Waals surface area contributed by atoms with Gasteiger partial charge in [0, 0.05) is 5.57 Å². The number of carboxylic acids is 1. The molecule has 2 aromatic rings. The van der Waals surface area contributed by atoms with Crippen molar-refractivity contribution in [1.82, 2.24) is 26.6 Å². The highest BCUT2D eigenvalue weighted by Crippen LogP contribution is 2.28. The Morgan fingerprint density at radius 3 is 2.08 bits per heavy atom. The Morgan fingerprint density at radius 1 is 0.820 bits per heavy atom. The Morgan fingerprint density at radius 2 is 1.46 bits per heavy atom. The number of hydrogen-bond acceptors (Lipinski definition) is 10. The molecule has 4 rings (SSSR count). The van der Waals surface area contributed by atoms with Gasteiger partial charge in [-0.15, -0.1) is 0 Å². The summed E-state index contributed by atoms with van der Waals surface area (Å²) < 4.78 is 27.2. The molecule has 0 spiro atoms. The molecule has 2 aliphatic carbocycles. The van der Waals surface area contributed by atoms with E-state index >= 15 is 0 Å². The van der Waals surface area contributed by atoms with Crippen molar-refractivity contribution in [1.29, 1.82) is 0 Å². The van der Waals surface area contributed by atoms with Crippen LogP contribution in [0.1, 0.15) is 75.5 Å². The maximum atomic E-state index is 14.2. The number of nitrogens with two attached hydrogens (primary N) is 1. The molecule has 0 bridgehead atoms. The predicted molar refractivity (Wildman–Crippen MR) is 224 cm³/mol. The fourth-order valence-corrected chi connectivity index (χ4v) is 8.75. The van der Waals surface area contributed by atoms with Gasteiger partial charge in [0.15, 0.2) is 9.84 Å². The van der Waals surface area contributed by atoms with Gasteiger partial charge in [0.05, 0.1) is 30.0 Å². The van der Waals surface area contributed by atoms with Crippen LogP contribution in [0, 0.1) is 11.8 Å². The first kappa shape index (κ1) is 47.5. The molecule has 0 heterocycles. The number of ketones is 1. The molecule has 328 valence electrons. The average Bonchev–Trinajstić information content (AvgIpc) is 3.25. The van der Waals surface area contributed by atoms with E-state index in [1.807, 2.05) is 0 Å². The normalized spacial score (nSPS) is 17.3. The summed E-state index contributed by atoms with van der Waals surface area (Å²) in [5.41, 5.74) is 6.49. The van der Waals surface area contributed by atoms with Crippen LogP contribution in [0.15, 0.2) is 84.5 Å². The van der Waals surface area contributed by atoms with Crippen LogP contribution in [0.3, 0.4) is 0 Å². The molecule has 0 aliphatic heterocycles. The van der Waals surface area contributed by atoms with E-state index in [9.17, 15) is 51.9 Å². The molecule has 18 heteroatoms. The standard InChI is InChI=1S/C43H54N6O11S/c1-2-14-32(37(51)42(56)45-25-34(50)48-35(38(44)52)28-17-8-4-9-18-28)46-40(54)33(26-61(59,60)24-23-27-15-6-3-7-16-27)47-41(55)36(29-19-10-5-11-20-29)49-39(53)30-21-12-13-22-31(30)43(57)58/h3-4,6-9,12-13,15-18,21,29,31-33,35-36H,2,5,10-11,14,19-20,22-26H2,1H3,(H2,44,52)(H,45,56)(H,46,54)(H,47,55)(H,48,50)(H,49,53)(H,57,58)/t31?,32?,33-,35-,36?/m0/s1.